The number of rotatable bonds is 2. The molecule has 1 aliphatic heterocycles. The molecule has 3 heterocycles. The van der Waals surface area contributed by atoms with Gasteiger partial charge in [-0.15, -0.1) is 34.4 Å². The monoisotopic (exact) mass is 264 g/mol. The maximum absolute atomic E-state index is 2.36. The molecule has 0 fully saturated rings. The Bertz CT molecular complexity index is 481. The third kappa shape index (κ3) is 1.58. The maximum atomic E-state index is 2.36. The van der Waals surface area contributed by atoms with Crippen LogP contribution < -0.4 is 0 Å². The second-order valence-electron chi connectivity index (χ2n) is 4.09. The molecule has 0 unspecified atom stereocenters. The fourth-order valence-electron chi connectivity index (χ4n) is 2.09. The summed E-state index contributed by atoms with van der Waals surface area (Å²) in [6.07, 6.45) is 2.36. The lowest BCUT2D eigenvalue weighted by atomic mass is 9.84. The van der Waals surface area contributed by atoms with Crippen LogP contribution in [0.4, 0.5) is 0 Å². The third-order valence-corrected chi connectivity index (χ3v) is 6.55. The number of hydrogen-bond acceptors (Lipinski definition) is 3. The minimum Gasteiger partial charge on any atom is -0.148 e. The van der Waals surface area contributed by atoms with Crippen molar-refractivity contribution in [1.82, 2.24) is 0 Å². The van der Waals surface area contributed by atoms with Gasteiger partial charge in [-0.25, -0.2) is 0 Å². The Balaban J connectivity index is 2.03. The van der Waals surface area contributed by atoms with Gasteiger partial charge in [0.05, 0.1) is 5.25 Å². The van der Waals surface area contributed by atoms with E-state index < -0.39 is 0 Å². The van der Waals surface area contributed by atoms with Crippen molar-refractivity contribution < 1.29 is 0 Å². The molecule has 0 saturated heterocycles. The molecule has 0 spiro atoms. The molecule has 82 valence electrons. The van der Waals surface area contributed by atoms with Crippen molar-refractivity contribution in [3.05, 3.63) is 56.3 Å². The second kappa shape index (κ2) is 4.06. The highest BCUT2D eigenvalue weighted by Gasteiger charge is 2.39. The molecule has 2 atom stereocenters. The molecule has 3 heteroatoms. The summed E-state index contributed by atoms with van der Waals surface area (Å²) in [5, 5.41) is 7.14. The number of allylic oxidation sites excluding steroid dienone is 1. The van der Waals surface area contributed by atoms with Crippen molar-refractivity contribution in [3.8, 4) is 0 Å². The Kier molecular flexibility index (Phi) is 2.70. The predicted molar refractivity (Wildman–Crippen MR) is 75.5 cm³/mol. The highest BCUT2D eigenvalue weighted by molar-refractivity contribution is 8.02. The third-order valence-electron chi connectivity index (χ3n) is 3.03. The van der Waals surface area contributed by atoms with Crippen LogP contribution in [0.3, 0.4) is 0 Å². The van der Waals surface area contributed by atoms with E-state index in [0.717, 1.165) is 0 Å². The van der Waals surface area contributed by atoms with E-state index in [0.29, 0.717) is 5.25 Å². The Morgan fingerprint density at radius 1 is 1.12 bits per heavy atom. The van der Waals surface area contributed by atoms with Gasteiger partial charge in [-0.2, -0.15) is 0 Å². The van der Waals surface area contributed by atoms with Crippen LogP contribution in [-0.2, 0) is 5.41 Å². The summed E-state index contributed by atoms with van der Waals surface area (Å²) in [6, 6.07) is 8.80. The first-order chi connectivity index (χ1) is 7.81. The fraction of sp³-hybridized carbons (Fsp3) is 0.231. The quantitative estimate of drug-likeness (QED) is 0.730. The maximum Gasteiger partial charge on any atom is 0.0569 e. The van der Waals surface area contributed by atoms with E-state index in [1.807, 2.05) is 34.4 Å². The van der Waals surface area contributed by atoms with E-state index in [1.165, 1.54) is 9.75 Å². The molecule has 0 N–H and O–H groups in total. The van der Waals surface area contributed by atoms with Crippen molar-refractivity contribution in [3.63, 3.8) is 0 Å². The van der Waals surface area contributed by atoms with Crippen molar-refractivity contribution in [2.24, 2.45) is 0 Å². The SMILES string of the molecule is C[C@]1(c2cccs2)C=CS[C@@H]1c1cccs1. The molecule has 0 aliphatic carbocycles. The van der Waals surface area contributed by atoms with Crippen LogP contribution in [0.25, 0.3) is 0 Å². The van der Waals surface area contributed by atoms with Gasteiger partial charge in [0, 0.05) is 15.2 Å². The molecule has 0 aromatic carbocycles. The standard InChI is InChI=1S/C13H12S3/c1-13(11-5-3-8-15-11)6-9-16-12(13)10-4-2-7-14-10/h2-9,12H,1H3/t12-,13-/m1/s1. The van der Waals surface area contributed by atoms with Gasteiger partial charge in [0.2, 0.25) is 0 Å². The van der Waals surface area contributed by atoms with Gasteiger partial charge >= 0.3 is 0 Å². The van der Waals surface area contributed by atoms with E-state index >= 15 is 0 Å². The zero-order chi connectivity index (χ0) is 11.0. The lowest BCUT2D eigenvalue weighted by Gasteiger charge is -2.28. The van der Waals surface area contributed by atoms with E-state index in [4.69, 9.17) is 0 Å². The van der Waals surface area contributed by atoms with Crippen LogP contribution in [0.2, 0.25) is 0 Å². The summed E-state index contributed by atoms with van der Waals surface area (Å²) >= 11 is 5.67. The Hall–Kier alpha value is -0.510. The molecule has 0 nitrogen and oxygen atoms in total. The van der Waals surface area contributed by atoms with Gasteiger partial charge in [-0.1, -0.05) is 18.2 Å². The lowest BCUT2D eigenvalue weighted by Crippen LogP contribution is -2.21. The average molecular weight is 264 g/mol. The highest BCUT2D eigenvalue weighted by Crippen LogP contribution is 2.54. The zero-order valence-corrected chi connectivity index (χ0v) is 11.4. The van der Waals surface area contributed by atoms with Gasteiger partial charge in [0.25, 0.3) is 0 Å². The molecular formula is C13H12S3. The van der Waals surface area contributed by atoms with Crippen LogP contribution >= 0.6 is 34.4 Å². The Morgan fingerprint density at radius 3 is 2.62 bits per heavy atom. The fourth-order valence-corrected chi connectivity index (χ4v) is 5.46. The molecule has 0 radical (unpaired) electrons. The number of thiophene rings is 2. The molecule has 0 saturated carbocycles. The molecule has 16 heavy (non-hydrogen) atoms. The largest absolute Gasteiger partial charge is 0.148 e. The highest BCUT2D eigenvalue weighted by atomic mass is 32.2. The molecule has 2 aromatic rings. The van der Waals surface area contributed by atoms with Crippen molar-refractivity contribution in [2.75, 3.05) is 0 Å². The second-order valence-corrected chi connectivity index (χ2v) is 7.04. The lowest BCUT2D eigenvalue weighted by molar-refractivity contribution is 0.607. The minimum absolute atomic E-state index is 0.170. The summed E-state index contributed by atoms with van der Waals surface area (Å²) in [7, 11) is 0. The van der Waals surface area contributed by atoms with Crippen molar-refractivity contribution >= 4 is 34.4 Å². The molecule has 0 amide bonds. The number of thioether (sulfide) groups is 1. The molecule has 2 aromatic heterocycles. The van der Waals surface area contributed by atoms with E-state index in [-0.39, 0.29) is 5.41 Å². The summed E-state index contributed by atoms with van der Waals surface area (Å²) in [5.41, 5.74) is 0.170. The van der Waals surface area contributed by atoms with Gasteiger partial charge in [-0.3, -0.25) is 0 Å². The average Bonchev–Trinajstić information content (AvgIpc) is 2.99. The molecule has 1 aliphatic rings. The van der Waals surface area contributed by atoms with Crippen molar-refractivity contribution in [1.29, 1.82) is 0 Å². The summed E-state index contributed by atoms with van der Waals surface area (Å²) < 4.78 is 0. The van der Waals surface area contributed by atoms with Crippen LogP contribution in [0.15, 0.2) is 46.5 Å². The topological polar surface area (TPSA) is 0 Å². The molecule has 0 bridgehead atoms. The predicted octanol–water partition coefficient (Wildman–Crippen LogP) is 5.07. The molecular weight excluding hydrogens is 252 g/mol. The number of hydrogen-bond donors (Lipinski definition) is 0. The Labute approximate surface area is 108 Å². The van der Waals surface area contributed by atoms with Crippen LogP contribution in [-0.4, -0.2) is 0 Å². The van der Waals surface area contributed by atoms with Gasteiger partial charge in [-0.05, 0) is 35.2 Å². The Morgan fingerprint density at radius 2 is 1.94 bits per heavy atom. The van der Waals surface area contributed by atoms with Crippen LogP contribution in [0.1, 0.15) is 21.9 Å². The van der Waals surface area contributed by atoms with E-state index in [1.54, 1.807) is 0 Å². The normalized spacial score (nSPS) is 28.7. The van der Waals surface area contributed by atoms with Crippen molar-refractivity contribution in [2.45, 2.75) is 17.6 Å². The smallest absolute Gasteiger partial charge is 0.0569 e. The molecule has 3 rings (SSSR count). The first kappa shape index (κ1) is 10.6. The van der Waals surface area contributed by atoms with Crippen LogP contribution in [0, 0.1) is 0 Å². The van der Waals surface area contributed by atoms with E-state index in [2.05, 4.69) is 53.4 Å². The van der Waals surface area contributed by atoms with Gasteiger partial charge < -0.3 is 0 Å². The minimum atomic E-state index is 0.170. The first-order valence-electron chi connectivity index (χ1n) is 5.21. The van der Waals surface area contributed by atoms with E-state index in [9.17, 15) is 0 Å². The van der Waals surface area contributed by atoms with Gasteiger partial charge in [0.15, 0.2) is 0 Å². The zero-order valence-electron chi connectivity index (χ0n) is 8.92. The van der Waals surface area contributed by atoms with Gasteiger partial charge in [0.1, 0.15) is 0 Å². The summed E-state index contributed by atoms with van der Waals surface area (Å²) in [4.78, 5) is 2.94. The first-order valence-corrected chi connectivity index (χ1v) is 7.91. The summed E-state index contributed by atoms with van der Waals surface area (Å²) in [6.45, 7) is 2.35. The van der Waals surface area contributed by atoms with Crippen LogP contribution in [0.5, 0.6) is 0 Å². The summed E-state index contributed by atoms with van der Waals surface area (Å²) in [5.74, 6) is 0.